The predicted molar refractivity (Wildman–Crippen MR) is 120 cm³/mol. The van der Waals surface area contributed by atoms with Crippen LogP contribution in [-0.2, 0) is 11.2 Å². The number of amides is 1. The SMILES string of the molecule is CCc1ccccc1N1C(S)=C(C#N)C(=O)NC1c1ccc(-c2ccc(Cl)cc2)o1. The predicted octanol–water partition coefficient (Wildman–Crippen LogP) is 5.46. The number of para-hydroxylation sites is 1. The highest BCUT2D eigenvalue weighted by Gasteiger charge is 2.36. The lowest BCUT2D eigenvalue weighted by molar-refractivity contribution is -0.118. The summed E-state index contributed by atoms with van der Waals surface area (Å²) in [6.07, 6.45) is 0.139. The van der Waals surface area contributed by atoms with Gasteiger partial charge in [0.25, 0.3) is 5.91 Å². The molecule has 1 amide bonds. The zero-order chi connectivity index (χ0) is 21.3. The zero-order valence-electron chi connectivity index (χ0n) is 16.1. The van der Waals surface area contributed by atoms with E-state index in [1.807, 2.05) is 59.5 Å². The second-order valence-corrected chi connectivity index (χ2v) is 7.61. The van der Waals surface area contributed by atoms with E-state index in [0.29, 0.717) is 16.5 Å². The number of carbonyl (C=O) groups excluding carboxylic acids is 1. The van der Waals surface area contributed by atoms with Gasteiger partial charge in [0.15, 0.2) is 6.17 Å². The molecule has 30 heavy (non-hydrogen) atoms. The molecule has 1 atom stereocenters. The van der Waals surface area contributed by atoms with Gasteiger partial charge in [0.1, 0.15) is 23.2 Å². The van der Waals surface area contributed by atoms with E-state index >= 15 is 0 Å². The van der Waals surface area contributed by atoms with Crippen molar-refractivity contribution in [3.63, 3.8) is 0 Å². The Labute approximate surface area is 185 Å². The maximum absolute atomic E-state index is 12.5. The summed E-state index contributed by atoms with van der Waals surface area (Å²) in [6.45, 7) is 2.05. The van der Waals surface area contributed by atoms with Crippen LogP contribution in [0.3, 0.4) is 0 Å². The van der Waals surface area contributed by atoms with Gasteiger partial charge in [0, 0.05) is 16.3 Å². The molecule has 0 fully saturated rings. The minimum atomic E-state index is -0.643. The van der Waals surface area contributed by atoms with Gasteiger partial charge in [-0.1, -0.05) is 36.7 Å². The van der Waals surface area contributed by atoms with Crippen molar-refractivity contribution in [2.75, 3.05) is 4.90 Å². The average molecular weight is 436 g/mol. The fourth-order valence-corrected chi connectivity index (χ4v) is 3.97. The number of thiol groups is 1. The third-order valence-corrected chi connectivity index (χ3v) is 5.66. The maximum atomic E-state index is 12.5. The topological polar surface area (TPSA) is 69.3 Å². The summed E-state index contributed by atoms with van der Waals surface area (Å²) in [4.78, 5) is 14.4. The number of hydrogen-bond donors (Lipinski definition) is 2. The van der Waals surface area contributed by atoms with Gasteiger partial charge >= 0.3 is 0 Å². The van der Waals surface area contributed by atoms with E-state index < -0.39 is 12.1 Å². The molecule has 0 spiro atoms. The lowest BCUT2D eigenvalue weighted by Crippen LogP contribution is -2.46. The molecule has 4 rings (SSSR count). The largest absolute Gasteiger partial charge is 0.457 e. The van der Waals surface area contributed by atoms with Crippen LogP contribution >= 0.6 is 24.2 Å². The Morgan fingerprint density at radius 1 is 1.17 bits per heavy atom. The van der Waals surface area contributed by atoms with Crippen molar-refractivity contribution in [1.29, 1.82) is 5.26 Å². The van der Waals surface area contributed by atoms with Crippen molar-refractivity contribution in [2.24, 2.45) is 0 Å². The van der Waals surface area contributed by atoms with Crippen LogP contribution in [0.15, 0.2) is 75.7 Å². The number of halogens is 1. The molecule has 0 radical (unpaired) electrons. The molecule has 1 N–H and O–H groups in total. The Bertz CT molecular complexity index is 1180. The summed E-state index contributed by atoms with van der Waals surface area (Å²) in [6, 6.07) is 20.8. The van der Waals surface area contributed by atoms with E-state index in [1.54, 1.807) is 12.1 Å². The smallest absolute Gasteiger partial charge is 0.266 e. The highest BCUT2D eigenvalue weighted by molar-refractivity contribution is 7.84. The molecule has 1 aliphatic rings. The van der Waals surface area contributed by atoms with Crippen LogP contribution in [0.5, 0.6) is 0 Å². The summed E-state index contributed by atoms with van der Waals surface area (Å²) in [5.41, 5.74) is 2.75. The number of furan rings is 1. The first kappa shape index (κ1) is 20.1. The third-order valence-electron chi connectivity index (χ3n) is 4.97. The summed E-state index contributed by atoms with van der Waals surface area (Å²) in [5.74, 6) is 0.695. The number of nitrogens with zero attached hydrogens (tertiary/aromatic N) is 2. The number of anilines is 1. The second-order valence-electron chi connectivity index (χ2n) is 6.75. The quantitative estimate of drug-likeness (QED) is 0.534. The Balaban J connectivity index is 1.81. The van der Waals surface area contributed by atoms with Crippen LogP contribution in [0, 0.1) is 11.3 Å². The molecule has 0 saturated carbocycles. The van der Waals surface area contributed by atoms with Gasteiger partial charge in [-0.3, -0.25) is 4.79 Å². The normalized spacial score (nSPS) is 16.4. The van der Waals surface area contributed by atoms with E-state index in [9.17, 15) is 10.1 Å². The molecule has 2 aromatic carbocycles. The minimum Gasteiger partial charge on any atom is -0.457 e. The van der Waals surface area contributed by atoms with Crippen molar-refractivity contribution in [2.45, 2.75) is 19.5 Å². The molecule has 0 saturated heterocycles. The van der Waals surface area contributed by atoms with E-state index in [0.717, 1.165) is 23.2 Å². The molecule has 150 valence electrons. The van der Waals surface area contributed by atoms with Gasteiger partial charge < -0.3 is 14.6 Å². The van der Waals surface area contributed by atoms with E-state index in [2.05, 4.69) is 24.9 Å². The van der Waals surface area contributed by atoms with Crippen LogP contribution in [0.25, 0.3) is 11.3 Å². The Kier molecular flexibility index (Phi) is 5.58. The Morgan fingerprint density at radius 3 is 2.60 bits per heavy atom. The van der Waals surface area contributed by atoms with Crippen molar-refractivity contribution >= 4 is 35.8 Å². The molecular formula is C23H18ClN3O2S. The summed E-state index contributed by atoms with van der Waals surface area (Å²) < 4.78 is 6.10. The standard InChI is InChI=1S/C23H18ClN3O2S/c1-2-14-5-3-4-6-18(14)27-21(26-22(28)17(13-25)23(27)30)20-12-11-19(29-20)15-7-9-16(24)10-8-15/h3-12,21,30H,2H2,1H3,(H,26,28). The highest BCUT2D eigenvalue weighted by atomic mass is 35.5. The molecule has 0 aliphatic carbocycles. The third kappa shape index (κ3) is 3.58. The summed E-state index contributed by atoms with van der Waals surface area (Å²) in [5, 5.41) is 13.3. The monoisotopic (exact) mass is 435 g/mol. The molecule has 5 nitrogen and oxygen atoms in total. The number of benzene rings is 2. The molecule has 0 bridgehead atoms. The Morgan fingerprint density at radius 2 is 1.90 bits per heavy atom. The van der Waals surface area contributed by atoms with Gasteiger partial charge in [0.05, 0.1) is 5.03 Å². The van der Waals surface area contributed by atoms with Crippen molar-refractivity contribution in [3.05, 3.63) is 87.6 Å². The highest BCUT2D eigenvalue weighted by Crippen LogP contribution is 2.39. The van der Waals surface area contributed by atoms with E-state index in [-0.39, 0.29) is 10.6 Å². The van der Waals surface area contributed by atoms with Gasteiger partial charge in [-0.05, 0) is 54.4 Å². The molecule has 1 aromatic heterocycles. The lowest BCUT2D eigenvalue weighted by Gasteiger charge is -2.37. The van der Waals surface area contributed by atoms with Crippen molar-refractivity contribution in [3.8, 4) is 17.4 Å². The first-order chi connectivity index (χ1) is 14.5. The van der Waals surface area contributed by atoms with Gasteiger partial charge in [-0.15, -0.1) is 12.6 Å². The molecule has 1 aliphatic heterocycles. The fourth-order valence-electron chi connectivity index (χ4n) is 3.47. The van der Waals surface area contributed by atoms with Crippen LogP contribution in [0.2, 0.25) is 5.02 Å². The van der Waals surface area contributed by atoms with Crippen LogP contribution in [0.1, 0.15) is 24.4 Å². The van der Waals surface area contributed by atoms with Gasteiger partial charge in [-0.25, -0.2) is 0 Å². The molecular weight excluding hydrogens is 418 g/mol. The Hall–Kier alpha value is -3.14. The first-order valence-electron chi connectivity index (χ1n) is 9.40. The molecule has 2 heterocycles. The van der Waals surface area contributed by atoms with Crippen LogP contribution < -0.4 is 10.2 Å². The number of rotatable bonds is 4. The van der Waals surface area contributed by atoms with Crippen molar-refractivity contribution in [1.82, 2.24) is 5.32 Å². The minimum absolute atomic E-state index is 0.0371. The number of nitriles is 1. The molecule has 3 aromatic rings. The first-order valence-corrected chi connectivity index (χ1v) is 10.2. The van der Waals surface area contributed by atoms with Crippen LogP contribution in [-0.4, -0.2) is 5.91 Å². The number of aryl methyl sites for hydroxylation is 1. The van der Waals surface area contributed by atoms with E-state index in [1.165, 1.54) is 0 Å². The number of hydrogen-bond acceptors (Lipinski definition) is 5. The maximum Gasteiger partial charge on any atom is 0.266 e. The number of carbonyl (C=O) groups is 1. The van der Waals surface area contributed by atoms with Gasteiger partial charge in [-0.2, -0.15) is 5.26 Å². The summed E-state index contributed by atoms with van der Waals surface area (Å²) in [7, 11) is 0. The zero-order valence-corrected chi connectivity index (χ0v) is 17.7. The van der Waals surface area contributed by atoms with E-state index in [4.69, 9.17) is 16.0 Å². The van der Waals surface area contributed by atoms with Gasteiger partial charge in [0.2, 0.25) is 0 Å². The lowest BCUT2D eigenvalue weighted by atomic mass is 10.1. The summed E-state index contributed by atoms with van der Waals surface area (Å²) >= 11 is 10.5. The van der Waals surface area contributed by atoms with Crippen LogP contribution in [0.4, 0.5) is 5.69 Å². The fraction of sp³-hybridized carbons (Fsp3) is 0.130. The molecule has 1 unspecified atom stereocenters. The second kappa shape index (κ2) is 8.31. The molecule has 7 heteroatoms. The number of nitrogens with one attached hydrogen (secondary N) is 1. The average Bonchev–Trinajstić information content (AvgIpc) is 3.24. The van der Waals surface area contributed by atoms with Crippen molar-refractivity contribution < 1.29 is 9.21 Å².